The van der Waals surface area contributed by atoms with Crippen LogP contribution >= 0.6 is 15.9 Å². The zero-order valence-electron chi connectivity index (χ0n) is 10.8. The van der Waals surface area contributed by atoms with Crippen LogP contribution in [0.5, 0.6) is 5.75 Å². The third-order valence-corrected chi connectivity index (χ3v) is 3.72. The summed E-state index contributed by atoms with van der Waals surface area (Å²) in [7, 11) is 1.58. The molecule has 2 aromatic carbocycles. The standard InChI is InChI=1S/C15H15BrFNO/c1-9-6-7-13(19-2)10(8-9)15(18)14-11(16)4-3-5-12(14)17/h3-8,15H,18H2,1-2H3. The quantitative estimate of drug-likeness (QED) is 0.928. The van der Waals surface area contributed by atoms with Gasteiger partial charge in [-0.05, 0) is 25.1 Å². The van der Waals surface area contributed by atoms with Crippen LogP contribution in [0.1, 0.15) is 22.7 Å². The van der Waals surface area contributed by atoms with E-state index in [0.29, 0.717) is 15.8 Å². The van der Waals surface area contributed by atoms with E-state index in [1.807, 2.05) is 25.1 Å². The maximum atomic E-state index is 14.0. The Labute approximate surface area is 120 Å². The Kier molecular flexibility index (Phi) is 4.22. The van der Waals surface area contributed by atoms with E-state index in [1.54, 1.807) is 19.2 Å². The minimum absolute atomic E-state index is 0.328. The van der Waals surface area contributed by atoms with Crippen LogP contribution in [-0.2, 0) is 0 Å². The minimum Gasteiger partial charge on any atom is -0.496 e. The van der Waals surface area contributed by atoms with Crippen molar-refractivity contribution < 1.29 is 9.13 Å². The van der Waals surface area contributed by atoms with Crippen molar-refractivity contribution in [1.29, 1.82) is 0 Å². The molecule has 1 atom stereocenters. The van der Waals surface area contributed by atoms with Gasteiger partial charge in [0.15, 0.2) is 0 Å². The molecule has 4 heteroatoms. The SMILES string of the molecule is COc1ccc(C)cc1C(N)c1c(F)cccc1Br. The van der Waals surface area contributed by atoms with Crippen LogP contribution in [-0.4, -0.2) is 7.11 Å². The van der Waals surface area contributed by atoms with Crippen LogP contribution in [0.2, 0.25) is 0 Å². The van der Waals surface area contributed by atoms with Crippen LogP contribution in [0.25, 0.3) is 0 Å². The van der Waals surface area contributed by atoms with Gasteiger partial charge in [-0.25, -0.2) is 4.39 Å². The third-order valence-electron chi connectivity index (χ3n) is 3.03. The maximum Gasteiger partial charge on any atom is 0.129 e. The fraction of sp³-hybridized carbons (Fsp3) is 0.200. The Bertz CT molecular complexity index is 580. The molecule has 0 aliphatic heterocycles. The first kappa shape index (κ1) is 14.0. The van der Waals surface area contributed by atoms with E-state index in [4.69, 9.17) is 10.5 Å². The lowest BCUT2D eigenvalue weighted by Crippen LogP contribution is -2.15. The molecule has 0 heterocycles. The molecule has 0 aromatic heterocycles. The summed E-state index contributed by atoms with van der Waals surface area (Å²) in [5.74, 6) is 0.332. The smallest absolute Gasteiger partial charge is 0.129 e. The van der Waals surface area contributed by atoms with Crippen molar-refractivity contribution in [2.24, 2.45) is 5.73 Å². The molecule has 2 nitrogen and oxygen atoms in total. The van der Waals surface area contributed by atoms with Gasteiger partial charge in [-0.1, -0.05) is 39.7 Å². The second-order valence-corrected chi connectivity index (χ2v) is 5.21. The highest BCUT2D eigenvalue weighted by molar-refractivity contribution is 9.10. The van der Waals surface area contributed by atoms with Crippen molar-refractivity contribution in [2.45, 2.75) is 13.0 Å². The average Bonchev–Trinajstić information content (AvgIpc) is 2.38. The Hall–Kier alpha value is -1.39. The fourth-order valence-corrected chi connectivity index (χ4v) is 2.65. The summed E-state index contributed by atoms with van der Waals surface area (Å²) < 4.78 is 19.9. The topological polar surface area (TPSA) is 35.2 Å². The molecule has 0 bridgehead atoms. The van der Waals surface area contributed by atoms with Gasteiger partial charge in [0.2, 0.25) is 0 Å². The molecule has 0 saturated heterocycles. The molecule has 2 rings (SSSR count). The highest BCUT2D eigenvalue weighted by Gasteiger charge is 2.20. The zero-order chi connectivity index (χ0) is 14.0. The number of ether oxygens (including phenoxy) is 1. The van der Waals surface area contributed by atoms with Gasteiger partial charge in [0.1, 0.15) is 11.6 Å². The van der Waals surface area contributed by atoms with Crippen molar-refractivity contribution in [3.8, 4) is 5.75 Å². The van der Waals surface area contributed by atoms with E-state index in [2.05, 4.69) is 15.9 Å². The van der Waals surface area contributed by atoms with Gasteiger partial charge >= 0.3 is 0 Å². The summed E-state index contributed by atoms with van der Waals surface area (Å²) in [5, 5.41) is 0. The third kappa shape index (κ3) is 2.80. The highest BCUT2D eigenvalue weighted by atomic mass is 79.9. The first-order valence-electron chi connectivity index (χ1n) is 5.88. The monoisotopic (exact) mass is 323 g/mol. The number of nitrogens with two attached hydrogens (primary N) is 1. The number of benzene rings is 2. The number of halogens is 2. The maximum absolute atomic E-state index is 14.0. The molecule has 100 valence electrons. The van der Waals surface area contributed by atoms with Crippen LogP contribution in [0.15, 0.2) is 40.9 Å². The summed E-state index contributed by atoms with van der Waals surface area (Å²) in [4.78, 5) is 0. The van der Waals surface area contributed by atoms with Crippen molar-refractivity contribution >= 4 is 15.9 Å². The Morgan fingerprint density at radius 3 is 2.63 bits per heavy atom. The summed E-state index contributed by atoms with van der Waals surface area (Å²) in [5.41, 5.74) is 8.48. The van der Waals surface area contributed by atoms with Crippen molar-refractivity contribution in [3.63, 3.8) is 0 Å². The lowest BCUT2D eigenvalue weighted by atomic mass is 9.97. The molecule has 0 aliphatic rings. The van der Waals surface area contributed by atoms with Crippen molar-refractivity contribution in [2.75, 3.05) is 7.11 Å². The zero-order valence-corrected chi connectivity index (χ0v) is 12.4. The molecule has 2 N–H and O–H groups in total. The lowest BCUT2D eigenvalue weighted by molar-refractivity contribution is 0.407. The van der Waals surface area contributed by atoms with Gasteiger partial charge in [-0.2, -0.15) is 0 Å². The van der Waals surface area contributed by atoms with E-state index in [1.165, 1.54) is 6.07 Å². The molecule has 0 spiro atoms. The van der Waals surface area contributed by atoms with Gasteiger partial charge in [0.25, 0.3) is 0 Å². The van der Waals surface area contributed by atoms with Crippen LogP contribution in [0, 0.1) is 12.7 Å². The summed E-state index contributed by atoms with van der Waals surface area (Å²) >= 11 is 3.35. The fourth-order valence-electron chi connectivity index (χ4n) is 2.06. The largest absolute Gasteiger partial charge is 0.496 e. The van der Waals surface area contributed by atoms with E-state index >= 15 is 0 Å². The Morgan fingerprint density at radius 1 is 1.26 bits per heavy atom. The number of aryl methyl sites for hydroxylation is 1. The molecule has 0 radical (unpaired) electrons. The molecule has 2 aromatic rings. The van der Waals surface area contributed by atoms with Crippen LogP contribution in [0.4, 0.5) is 4.39 Å². The molecule has 0 aliphatic carbocycles. The summed E-state index contributed by atoms with van der Waals surface area (Å²) in [6, 6.07) is 9.95. The van der Waals surface area contributed by atoms with Crippen molar-refractivity contribution in [3.05, 3.63) is 63.4 Å². The van der Waals surface area contributed by atoms with E-state index in [9.17, 15) is 4.39 Å². The van der Waals surface area contributed by atoms with Crippen molar-refractivity contribution in [1.82, 2.24) is 0 Å². The summed E-state index contributed by atoms with van der Waals surface area (Å²) in [6.45, 7) is 1.96. The second-order valence-electron chi connectivity index (χ2n) is 4.36. The molecule has 0 saturated carbocycles. The van der Waals surface area contributed by atoms with Crippen LogP contribution < -0.4 is 10.5 Å². The van der Waals surface area contributed by atoms with Gasteiger partial charge in [0, 0.05) is 15.6 Å². The normalized spacial score (nSPS) is 12.3. The highest BCUT2D eigenvalue weighted by Crippen LogP contribution is 2.34. The molecular weight excluding hydrogens is 309 g/mol. The van der Waals surface area contributed by atoms with Gasteiger partial charge in [0.05, 0.1) is 13.2 Å². The number of hydrogen-bond donors (Lipinski definition) is 1. The van der Waals surface area contributed by atoms with Gasteiger partial charge in [-0.3, -0.25) is 0 Å². The number of rotatable bonds is 3. The molecule has 19 heavy (non-hydrogen) atoms. The molecule has 0 amide bonds. The minimum atomic E-state index is -0.578. The lowest BCUT2D eigenvalue weighted by Gasteiger charge is -2.18. The van der Waals surface area contributed by atoms with Crippen LogP contribution in [0.3, 0.4) is 0 Å². The van der Waals surface area contributed by atoms with Gasteiger partial charge < -0.3 is 10.5 Å². The Balaban J connectivity index is 2.55. The molecule has 0 fully saturated rings. The molecular formula is C15H15BrFNO. The number of hydrogen-bond acceptors (Lipinski definition) is 2. The number of methoxy groups -OCH3 is 1. The predicted molar refractivity (Wildman–Crippen MR) is 77.9 cm³/mol. The predicted octanol–water partition coefficient (Wildman–Crippen LogP) is 3.95. The van der Waals surface area contributed by atoms with E-state index in [0.717, 1.165) is 11.1 Å². The van der Waals surface area contributed by atoms with E-state index in [-0.39, 0.29) is 5.82 Å². The molecule has 1 unspecified atom stereocenters. The first-order chi connectivity index (χ1) is 9.04. The van der Waals surface area contributed by atoms with E-state index < -0.39 is 6.04 Å². The average molecular weight is 324 g/mol. The Morgan fingerprint density at radius 2 is 2.00 bits per heavy atom. The first-order valence-corrected chi connectivity index (χ1v) is 6.68. The van der Waals surface area contributed by atoms with Gasteiger partial charge in [-0.15, -0.1) is 0 Å². The summed E-state index contributed by atoms with van der Waals surface area (Å²) in [6.07, 6.45) is 0. The second kappa shape index (κ2) is 5.72.